The largest absolute Gasteiger partial charge is 0.468 e. The van der Waals surface area contributed by atoms with Crippen molar-refractivity contribution in [2.75, 3.05) is 6.61 Å². The van der Waals surface area contributed by atoms with Crippen LogP contribution >= 0.6 is 11.3 Å². The van der Waals surface area contributed by atoms with Gasteiger partial charge in [-0.25, -0.2) is 4.98 Å². The molecule has 0 amide bonds. The zero-order valence-electron chi connectivity index (χ0n) is 10.6. The van der Waals surface area contributed by atoms with E-state index in [9.17, 15) is 5.11 Å². The minimum absolute atomic E-state index is 0.00862. The van der Waals surface area contributed by atoms with Crippen molar-refractivity contribution in [3.05, 3.63) is 40.2 Å². The first kappa shape index (κ1) is 13.3. The van der Waals surface area contributed by atoms with Gasteiger partial charge in [0, 0.05) is 17.8 Å². The van der Waals surface area contributed by atoms with Crippen molar-refractivity contribution in [1.82, 2.24) is 10.3 Å². The molecule has 1 atom stereocenters. The van der Waals surface area contributed by atoms with Crippen LogP contribution in [-0.4, -0.2) is 16.7 Å². The maximum Gasteiger partial charge on any atom is 0.123 e. The molecule has 98 valence electrons. The molecule has 0 bridgehead atoms. The molecule has 0 aliphatic carbocycles. The van der Waals surface area contributed by atoms with Crippen molar-refractivity contribution in [2.24, 2.45) is 0 Å². The Kier molecular flexibility index (Phi) is 4.52. The van der Waals surface area contributed by atoms with Crippen LogP contribution in [0.25, 0.3) is 0 Å². The molecule has 4 nitrogen and oxygen atoms in total. The summed E-state index contributed by atoms with van der Waals surface area (Å²) in [6.07, 6.45) is 1.61. The number of aromatic nitrogens is 1. The molecule has 18 heavy (non-hydrogen) atoms. The van der Waals surface area contributed by atoms with Gasteiger partial charge in [-0.2, -0.15) is 0 Å². The van der Waals surface area contributed by atoms with E-state index in [1.165, 1.54) is 0 Å². The fraction of sp³-hybridized carbons (Fsp3) is 0.462. The Balaban J connectivity index is 1.93. The zero-order chi connectivity index (χ0) is 13.0. The third kappa shape index (κ3) is 3.19. The minimum Gasteiger partial charge on any atom is -0.468 e. The quantitative estimate of drug-likeness (QED) is 0.844. The van der Waals surface area contributed by atoms with Gasteiger partial charge >= 0.3 is 0 Å². The predicted molar refractivity (Wildman–Crippen MR) is 71.6 cm³/mol. The van der Waals surface area contributed by atoms with Gasteiger partial charge in [-0.15, -0.1) is 11.3 Å². The second-order valence-corrected chi connectivity index (χ2v) is 5.35. The highest BCUT2D eigenvalue weighted by molar-refractivity contribution is 7.09. The summed E-state index contributed by atoms with van der Waals surface area (Å²) in [6, 6.07) is 3.50. The van der Waals surface area contributed by atoms with Crippen LogP contribution in [0.1, 0.15) is 42.3 Å². The van der Waals surface area contributed by atoms with Gasteiger partial charge in [0.25, 0.3) is 0 Å². The molecule has 2 aromatic rings. The van der Waals surface area contributed by atoms with E-state index in [-0.39, 0.29) is 12.6 Å². The molecule has 2 rings (SSSR count). The summed E-state index contributed by atoms with van der Waals surface area (Å²) in [5, 5.41) is 15.8. The van der Waals surface area contributed by atoms with Gasteiger partial charge < -0.3 is 9.52 Å². The van der Waals surface area contributed by atoms with Gasteiger partial charge in [-0.3, -0.25) is 5.32 Å². The Labute approximate surface area is 111 Å². The smallest absolute Gasteiger partial charge is 0.123 e. The second kappa shape index (κ2) is 6.13. The van der Waals surface area contributed by atoms with Crippen molar-refractivity contribution in [2.45, 2.75) is 32.4 Å². The molecule has 0 saturated carbocycles. The van der Waals surface area contributed by atoms with Gasteiger partial charge in [-0.05, 0) is 12.1 Å². The minimum atomic E-state index is -0.177. The zero-order valence-corrected chi connectivity index (χ0v) is 11.4. The third-order valence-corrected chi connectivity index (χ3v) is 3.86. The van der Waals surface area contributed by atoms with Crippen molar-refractivity contribution in [1.29, 1.82) is 0 Å². The molecular formula is C13H18N2O2S. The molecule has 0 aliphatic rings. The van der Waals surface area contributed by atoms with Gasteiger partial charge in [0.1, 0.15) is 5.76 Å². The topological polar surface area (TPSA) is 58.3 Å². The van der Waals surface area contributed by atoms with Crippen LogP contribution in [0.3, 0.4) is 0 Å². The number of rotatable bonds is 6. The van der Waals surface area contributed by atoms with Crippen LogP contribution in [0.5, 0.6) is 0 Å². The second-order valence-electron chi connectivity index (χ2n) is 4.46. The molecule has 2 heterocycles. The molecule has 5 heteroatoms. The van der Waals surface area contributed by atoms with Crippen LogP contribution in [0, 0.1) is 0 Å². The van der Waals surface area contributed by atoms with E-state index in [0.29, 0.717) is 12.5 Å². The maximum absolute atomic E-state index is 9.33. The fourth-order valence-electron chi connectivity index (χ4n) is 1.64. The summed E-state index contributed by atoms with van der Waals surface area (Å²) in [6.45, 7) is 4.91. The summed E-state index contributed by atoms with van der Waals surface area (Å²) < 4.78 is 5.28. The van der Waals surface area contributed by atoms with Crippen LogP contribution in [-0.2, 0) is 6.54 Å². The highest BCUT2D eigenvalue weighted by Crippen LogP contribution is 2.20. The summed E-state index contributed by atoms with van der Waals surface area (Å²) in [5.41, 5.74) is 1.01. The Bertz CT molecular complexity index is 465. The lowest BCUT2D eigenvalue weighted by molar-refractivity contribution is 0.225. The van der Waals surface area contributed by atoms with E-state index >= 15 is 0 Å². The van der Waals surface area contributed by atoms with Gasteiger partial charge in [0.05, 0.1) is 29.6 Å². The molecule has 0 spiro atoms. The maximum atomic E-state index is 9.33. The first-order valence-electron chi connectivity index (χ1n) is 6.02. The number of furan rings is 1. The number of thiazole rings is 1. The summed E-state index contributed by atoms with van der Waals surface area (Å²) >= 11 is 1.68. The van der Waals surface area contributed by atoms with Crippen molar-refractivity contribution >= 4 is 11.3 Å². The number of nitrogens with zero attached hydrogens (tertiary/aromatic N) is 1. The van der Waals surface area contributed by atoms with E-state index < -0.39 is 0 Å². The van der Waals surface area contributed by atoms with E-state index in [2.05, 4.69) is 29.5 Å². The van der Waals surface area contributed by atoms with Crippen LogP contribution in [0.15, 0.2) is 28.2 Å². The highest BCUT2D eigenvalue weighted by Gasteiger charge is 2.13. The van der Waals surface area contributed by atoms with Gasteiger partial charge in [0.15, 0.2) is 0 Å². The third-order valence-electron chi connectivity index (χ3n) is 2.66. The first-order chi connectivity index (χ1) is 8.70. The Morgan fingerprint density at radius 1 is 1.50 bits per heavy atom. The lowest BCUT2D eigenvalue weighted by Gasteiger charge is -2.12. The molecule has 0 fully saturated rings. The Morgan fingerprint density at radius 2 is 2.33 bits per heavy atom. The molecule has 2 N–H and O–H groups in total. The lowest BCUT2D eigenvalue weighted by atomic mass is 10.2. The average molecular weight is 266 g/mol. The SMILES string of the molecule is CC(C)c1nc(CNC(CO)c2ccco2)cs1. The molecular weight excluding hydrogens is 248 g/mol. The van der Waals surface area contributed by atoms with Crippen molar-refractivity contribution < 1.29 is 9.52 Å². The number of hydrogen-bond acceptors (Lipinski definition) is 5. The molecule has 0 saturated heterocycles. The average Bonchev–Trinajstić information content (AvgIpc) is 3.00. The van der Waals surface area contributed by atoms with E-state index in [1.807, 2.05) is 12.1 Å². The van der Waals surface area contributed by atoms with E-state index in [4.69, 9.17) is 4.42 Å². The molecule has 0 radical (unpaired) electrons. The lowest BCUT2D eigenvalue weighted by Crippen LogP contribution is -2.23. The standard InChI is InChI=1S/C13H18N2O2S/c1-9(2)13-15-10(8-18-13)6-14-11(7-16)12-4-3-5-17-12/h3-5,8-9,11,14,16H,6-7H2,1-2H3. The Morgan fingerprint density at radius 3 is 2.89 bits per heavy atom. The monoisotopic (exact) mass is 266 g/mol. The van der Waals surface area contributed by atoms with Crippen LogP contribution in [0.4, 0.5) is 0 Å². The number of hydrogen-bond donors (Lipinski definition) is 2. The molecule has 0 aromatic carbocycles. The molecule has 2 aromatic heterocycles. The van der Waals surface area contributed by atoms with Gasteiger partial charge in [0.2, 0.25) is 0 Å². The van der Waals surface area contributed by atoms with Crippen LogP contribution in [0.2, 0.25) is 0 Å². The normalized spacial score (nSPS) is 13.1. The summed E-state index contributed by atoms with van der Waals surface area (Å²) in [4.78, 5) is 4.54. The van der Waals surface area contributed by atoms with E-state index in [0.717, 1.165) is 16.5 Å². The highest BCUT2D eigenvalue weighted by atomic mass is 32.1. The van der Waals surface area contributed by atoms with E-state index in [1.54, 1.807) is 17.6 Å². The summed E-state index contributed by atoms with van der Waals surface area (Å²) in [7, 11) is 0. The van der Waals surface area contributed by atoms with Crippen molar-refractivity contribution in [3.63, 3.8) is 0 Å². The van der Waals surface area contributed by atoms with Crippen molar-refractivity contribution in [3.8, 4) is 0 Å². The predicted octanol–water partition coefficient (Wildman–Crippen LogP) is 2.68. The number of aliphatic hydroxyl groups is 1. The first-order valence-corrected chi connectivity index (χ1v) is 6.90. The van der Waals surface area contributed by atoms with Crippen LogP contribution < -0.4 is 5.32 Å². The number of aliphatic hydroxyl groups excluding tert-OH is 1. The summed E-state index contributed by atoms with van der Waals surface area (Å²) in [5.74, 6) is 1.21. The molecule has 0 aliphatic heterocycles. The molecule has 1 unspecified atom stereocenters. The Hall–Kier alpha value is -1.17. The fourth-order valence-corrected chi connectivity index (χ4v) is 2.48. The number of nitrogens with one attached hydrogen (secondary N) is 1. The van der Waals surface area contributed by atoms with Gasteiger partial charge in [-0.1, -0.05) is 13.8 Å².